The molecule has 5 nitrogen and oxygen atoms in total. The van der Waals surface area contributed by atoms with Crippen molar-refractivity contribution in [3.63, 3.8) is 0 Å². The van der Waals surface area contributed by atoms with Crippen LogP contribution in [-0.2, 0) is 0 Å². The number of nitrogens with zero attached hydrogens (tertiary/aromatic N) is 3. The molecular formula is C5H10N4O. The molecule has 0 amide bonds. The highest BCUT2D eigenvalue weighted by Crippen LogP contribution is 2.06. The minimum atomic E-state index is -0.342. The third kappa shape index (κ3) is 1.60. The van der Waals surface area contributed by atoms with E-state index in [-0.39, 0.29) is 12.1 Å². The molecule has 2 N–H and O–H groups in total. The lowest BCUT2D eigenvalue weighted by atomic mass is 10.2. The van der Waals surface area contributed by atoms with Crippen molar-refractivity contribution in [1.29, 1.82) is 0 Å². The number of azide groups is 1. The van der Waals surface area contributed by atoms with Crippen molar-refractivity contribution in [2.45, 2.75) is 18.6 Å². The summed E-state index contributed by atoms with van der Waals surface area (Å²) in [7, 11) is 0. The predicted octanol–water partition coefficient (Wildman–Crippen LogP) is 0.0195. The minimum Gasteiger partial charge on any atom is -0.391 e. The molecule has 1 aliphatic heterocycles. The Morgan fingerprint density at radius 3 is 3.10 bits per heavy atom. The normalized spacial score (nSPS) is 31.7. The van der Waals surface area contributed by atoms with Gasteiger partial charge in [-0.25, -0.2) is 0 Å². The zero-order valence-electron chi connectivity index (χ0n) is 5.56. The zero-order chi connectivity index (χ0) is 7.40. The first kappa shape index (κ1) is 7.34. The third-order valence-electron chi connectivity index (χ3n) is 1.65. The van der Waals surface area contributed by atoms with Crippen LogP contribution in [0.2, 0.25) is 0 Å². The van der Waals surface area contributed by atoms with E-state index in [4.69, 9.17) is 10.6 Å². The molecule has 0 unspecified atom stereocenters. The Bertz CT molecular complexity index is 154. The van der Waals surface area contributed by atoms with E-state index in [0.29, 0.717) is 6.54 Å². The second-order valence-corrected chi connectivity index (χ2v) is 2.33. The maximum Gasteiger partial charge on any atom is 0.0706 e. The Balaban J connectivity index is 2.32. The van der Waals surface area contributed by atoms with Crippen LogP contribution in [-0.4, -0.2) is 30.3 Å². The fourth-order valence-corrected chi connectivity index (χ4v) is 1.06. The van der Waals surface area contributed by atoms with Gasteiger partial charge in [-0.15, -0.1) is 0 Å². The van der Waals surface area contributed by atoms with Gasteiger partial charge in [0, 0.05) is 17.5 Å². The quantitative estimate of drug-likeness (QED) is 0.323. The highest BCUT2D eigenvalue weighted by molar-refractivity contribution is 4.84. The summed E-state index contributed by atoms with van der Waals surface area (Å²) in [5.41, 5.74) is 7.96. The summed E-state index contributed by atoms with van der Waals surface area (Å²) in [6.45, 7) is 1.16. The molecule has 5 heteroatoms. The van der Waals surface area contributed by atoms with Gasteiger partial charge in [0.2, 0.25) is 0 Å². The molecule has 0 spiro atoms. The van der Waals surface area contributed by atoms with E-state index >= 15 is 0 Å². The molecule has 0 radical (unpaired) electrons. The summed E-state index contributed by atoms with van der Waals surface area (Å²) >= 11 is 0. The maximum atomic E-state index is 9.17. The van der Waals surface area contributed by atoms with Gasteiger partial charge < -0.3 is 10.4 Å². The number of hydrogen-bond acceptors (Lipinski definition) is 3. The van der Waals surface area contributed by atoms with Crippen LogP contribution in [0.25, 0.3) is 10.4 Å². The second-order valence-electron chi connectivity index (χ2n) is 2.33. The average molecular weight is 142 g/mol. The van der Waals surface area contributed by atoms with Crippen LogP contribution in [0.1, 0.15) is 6.42 Å². The van der Waals surface area contributed by atoms with Gasteiger partial charge in [-0.2, -0.15) is 0 Å². The molecule has 0 aromatic heterocycles. The van der Waals surface area contributed by atoms with Crippen LogP contribution in [0.5, 0.6) is 0 Å². The fraction of sp³-hybridized carbons (Fsp3) is 1.00. The van der Waals surface area contributed by atoms with Crippen LogP contribution >= 0.6 is 0 Å². The van der Waals surface area contributed by atoms with Crippen molar-refractivity contribution in [2.75, 3.05) is 13.1 Å². The molecule has 1 heterocycles. The fourth-order valence-electron chi connectivity index (χ4n) is 1.06. The molecule has 0 aromatic rings. The molecule has 1 saturated heterocycles. The Kier molecular flexibility index (Phi) is 2.50. The number of hydrogen-bond donors (Lipinski definition) is 2. The molecule has 10 heavy (non-hydrogen) atoms. The summed E-state index contributed by atoms with van der Waals surface area (Å²) in [6.07, 6.45) is 0.413. The largest absolute Gasteiger partial charge is 0.391 e. The predicted molar refractivity (Wildman–Crippen MR) is 36.4 cm³/mol. The van der Waals surface area contributed by atoms with Gasteiger partial charge >= 0.3 is 0 Å². The summed E-state index contributed by atoms with van der Waals surface area (Å²) < 4.78 is 0. The topological polar surface area (TPSA) is 81.0 Å². The second kappa shape index (κ2) is 3.41. The first-order chi connectivity index (χ1) is 4.84. The lowest BCUT2D eigenvalue weighted by Gasteiger charge is -2.09. The molecule has 0 saturated carbocycles. The van der Waals surface area contributed by atoms with E-state index in [0.717, 1.165) is 13.0 Å². The summed E-state index contributed by atoms with van der Waals surface area (Å²) in [5.74, 6) is 0. The number of aliphatic hydroxyl groups excluding tert-OH is 1. The molecule has 2 atom stereocenters. The van der Waals surface area contributed by atoms with Gasteiger partial charge in [0.25, 0.3) is 0 Å². The SMILES string of the molecule is [N-]=[N+]=NC[C@@H]1NCC[C@@H]1O. The summed E-state index contributed by atoms with van der Waals surface area (Å²) in [5, 5.41) is 15.6. The van der Waals surface area contributed by atoms with Gasteiger partial charge in [0.05, 0.1) is 6.10 Å². The zero-order valence-corrected chi connectivity index (χ0v) is 5.56. The van der Waals surface area contributed by atoms with Gasteiger partial charge in [-0.05, 0) is 18.5 Å². The number of aliphatic hydroxyl groups is 1. The van der Waals surface area contributed by atoms with Gasteiger partial charge in [-0.3, -0.25) is 0 Å². The van der Waals surface area contributed by atoms with Crippen LogP contribution in [0.15, 0.2) is 5.11 Å². The molecule has 1 aliphatic rings. The van der Waals surface area contributed by atoms with E-state index < -0.39 is 0 Å². The third-order valence-corrected chi connectivity index (χ3v) is 1.65. The molecule has 56 valence electrons. The standard InChI is InChI=1S/C5H10N4O/c6-9-8-3-4-5(10)1-2-7-4/h4-5,7,10H,1-3H2/t4-,5-/m0/s1. The minimum absolute atomic E-state index is 0.0316. The van der Waals surface area contributed by atoms with Crippen molar-refractivity contribution < 1.29 is 5.11 Å². The van der Waals surface area contributed by atoms with Crippen LogP contribution < -0.4 is 5.32 Å². The van der Waals surface area contributed by atoms with E-state index in [9.17, 15) is 0 Å². The van der Waals surface area contributed by atoms with Crippen LogP contribution in [0, 0.1) is 0 Å². The van der Waals surface area contributed by atoms with Crippen LogP contribution in [0.4, 0.5) is 0 Å². The number of nitrogens with one attached hydrogen (secondary N) is 1. The Morgan fingerprint density at radius 2 is 2.60 bits per heavy atom. The Labute approximate surface area is 58.7 Å². The molecular weight excluding hydrogens is 132 g/mol. The van der Waals surface area contributed by atoms with Crippen molar-refractivity contribution in [3.8, 4) is 0 Å². The van der Waals surface area contributed by atoms with Crippen molar-refractivity contribution in [1.82, 2.24) is 5.32 Å². The monoisotopic (exact) mass is 142 g/mol. The average Bonchev–Trinajstić information content (AvgIpc) is 2.31. The van der Waals surface area contributed by atoms with Gasteiger partial charge in [-0.1, -0.05) is 5.11 Å². The summed E-state index contributed by atoms with van der Waals surface area (Å²) in [6, 6.07) is -0.0316. The smallest absolute Gasteiger partial charge is 0.0706 e. The lowest BCUT2D eigenvalue weighted by Crippen LogP contribution is -2.32. The molecule has 0 aromatic carbocycles. The first-order valence-corrected chi connectivity index (χ1v) is 3.27. The highest BCUT2D eigenvalue weighted by atomic mass is 16.3. The Morgan fingerprint density at radius 1 is 1.80 bits per heavy atom. The first-order valence-electron chi connectivity index (χ1n) is 3.27. The van der Waals surface area contributed by atoms with E-state index in [1.54, 1.807) is 0 Å². The van der Waals surface area contributed by atoms with Crippen molar-refractivity contribution in [3.05, 3.63) is 10.4 Å². The van der Waals surface area contributed by atoms with Gasteiger partial charge in [0.15, 0.2) is 0 Å². The van der Waals surface area contributed by atoms with Gasteiger partial charge in [0.1, 0.15) is 0 Å². The Hall–Kier alpha value is -0.770. The molecule has 0 aliphatic carbocycles. The van der Waals surface area contributed by atoms with E-state index in [1.165, 1.54) is 0 Å². The van der Waals surface area contributed by atoms with E-state index in [2.05, 4.69) is 15.3 Å². The van der Waals surface area contributed by atoms with Crippen LogP contribution in [0.3, 0.4) is 0 Å². The highest BCUT2D eigenvalue weighted by Gasteiger charge is 2.23. The number of rotatable bonds is 2. The molecule has 1 rings (SSSR count). The van der Waals surface area contributed by atoms with Crippen molar-refractivity contribution in [2.24, 2.45) is 5.11 Å². The summed E-state index contributed by atoms with van der Waals surface area (Å²) in [4.78, 5) is 2.61. The van der Waals surface area contributed by atoms with E-state index in [1.807, 2.05) is 0 Å². The molecule has 0 bridgehead atoms. The molecule has 1 fully saturated rings. The lowest BCUT2D eigenvalue weighted by molar-refractivity contribution is 0.162. The maximum absolute atomic E-state index is 9.17. The van der Waals surface area contributed by atoms with Crippen molar-refractivity contribution >= 4 is 0 Å².